The van der Waals surface area contributed by atoms with Crippen LogP contribution >= 0.6 is 38.9 Å². The number of halogens is 2. The van der Waals surface area contributed by atoms with Gasteiger partial charge in [-0.25, -0.2) is 0 Å². The van der Waals surface area contributed by atoms with Gasteiger partial charge in [-0.05, 0) is 58.6 Å². The van der Waals surface area contributed by atoms with Crippen molar-refractivity contribution in [2.45, 2.75) is 26.3 Å². The van der Waals surface area contributed by atoms with E-state index < -0.39 is 0 Å². The van der Waals surface area contributed by atoms with Gasteiger partial charge in [-0.15, -0.1) is 11.3 Å². The summed E-state index contributed by atoms with van der Waals surface area (Å²) in [5.41, 5.74) is 2.15. The summed E-state index contributed by atoms with van der Waals surface area (Å²) in [4.78, 5) is 13.0. The van der Waals surface area contributed by atoms with Crippen LogP contribution in [-0.4, -0.2) is 5.91 Å². The van der Waals surface area contributed by atoms with Crippen molar-refractivity contribution < 1.29 is 4.79 Å². The SMILES string of the molecule is CCC(NC(=O)c1cc(C)c(Br)s1)c1ccc(Cl)cc1. The highest BCUT2D eigenvalue weighted by atomic mass is 79.9. The number of amides is 1. The summed E-state index contributed by atoms with van der Waals surface area (Å²) < 4.78 is 1.00. The van der Waals surface area contributed by atoms with E-state index in [1.807, 2.05) is 37.3 Å². The van der Waals surface area contributed by atoms with Gasteiger partial charge in [0.05, 0.1) is 14.7 Å². The predicted octanol–water partition coefficient (Wildman–Crippen LogP) is 5.35. The van der Waals surface area contributed by atoms with Crippen molar-refractivity contribution in [1.82, 2.24) is 5.32 Å². The van der Waals surface area contributed by atoms with E-state index in [1.54, 1.807) is 0 Å². The van der Waals surface area contributed by atoms with Gasteiger partial charge in [0.15, 0.2) is 0 Å². The molecule has 1 aromatic carbocycles. The van der Waals surface area contributed by atoms with Crippen molar-refractivity contribution in [1.29, 1.82) is 0 Å². The average Bonchev–Trinajstić information content (AvgIpc) is 2.77. The maximum absolute atomic E-state index is 12.3. The van der Waals surface area contributed by atoms with Gasteiger partial charge in [0.25, 0.3) is 5.91 Å². The van der Waals surface area contributed by atoms with E-state index in [1.165, 1.54) is 11.3 Å². The van der Waals surface area contributed by atoms with E-state index in [0.717, 1.165) is 26.2 Å². The van der Waals surface area contributed by atoms with Crippen molar-refractivity contribution >= 4 is 44.8 Å². The molecule has 1 heterocycles. The molecule has 0 aliphatic rings. The fraction of sp³-hybridized carbons (Fsp3) is 0.267. The zero-order valence-corrected chi connectivity index (χ0v) is 14.4. The van der Waals surface area contributed by atoms with Gasteiger partial charge in [0.1, 0.15) is 0 Å². The van der Waals surface area contributed by atoms with Crippen molar-refractivity contribution in [3.8, 4) is 0 Å². The molecule has 0 bridgehead atoms. The number of nitrogens with one attached hydrogen (secondary N) is 1. The van der Waals surface area contributed by atoms with Crippen LogP contribution < -0.4 is 5.32 Å². The van der Waals surface area contributed by atoms with Gasteiger partial charge in [0.2, 0.25) is 0 Å². The summed E-state index contributed by atoms with van der Waals surface area (Å²) >= 11 is 10.8. The third-order valence-corrected chi connectivity index (χ3v) is 5.45. The summed E-state index contributed by atoms with van der Waals surface area (Å²) in [5, 5.41) is 3.77. The van der Waals surface area contributed by atoms with E-state index in [9.17, 15) is 4.79 Å². The molecule has 1 N–H and O–H groups in total. The summed E-state index contributed by atoms with van der Waals surface area (Å²) in [6, 6.07) is 9.49. The van der Waals surface area contributed by atoms with Gasteiger partial charge in [-0.1, -0.05) is 30.7 Å². The average molecular weight is 373 g/mol. The number of rotatable bonds is 4. The highest BCUT2D eigenvalue weighted by molar-refractivity contribution is 9.11. The maximum Gasteiger partial charge on any atom is 0.261 e. The van der Waals surface area contributed by atoms with Gasteiger partial charge >= 0.3 is 0 Å². The monoisotopic (exact) mass is 371 g/mol. The van der Waals surface area contributed by atoms with Gasteiger partial charge in [0, 0.05) is 5.02 Å². The number of carbonyl (C=O) groups is 1. The van der Waals surface area contributed by atoms with Crippen LogP contribution in [0.5, 0.6) is 0 Å². The van der Waals surface area contributed by atoms with Crippen molar-refractivity contribution in [2.75, 3.05) is 0 Å². The van der Waals surface area contributed by atoms with Crippen LogP contribution in [-0.2, 0) is 0 Å². The molecule has 2 aromatic rings. The number of benzene rings is 1. The highest BCUT2D eigenvalue weighted by Crippen LogP contribution is 2.28. The van der Waals surface area contributed by atoms with Gasteiger partial charge < -0.3 is 5.32 Å². The minimum Gasteiger partial charge on any atom is -0.345 e. The highest BCUT2D eigenvalue weighted by Gasteiger charge is 2.16. The number of hydrogen-bond acceptors (Lipinski definition) is 2. The van der Waals surface area contributed by atoms with Crippen LogP contribution in [0.1, 0.15) is 40.2 Å². The largest absolute Gasteiger partial charge is 0.345 e. The molecule has 2 rings (SSSR count). The number of thiophene rings is 1. The number of aryl methyl sites for hydroxylation is 1. The number of hydrogen-bond donors (Lipinski definition) is 1. The van der Waals surface area contributed by atoms with E-state index in [-0.39, 0.29) is 11.9 Å². The fourth-order valence-corrected chi connectivity index (χ4v) is 3.48. The molecule has 0 aliphatic carbocycles. The first kappa shape index (κ1) is 15.5. The smallest absolute Gasteiger partial charge is 0.261 e. The Balaban J connectivity index is 2.13. The number of carbonyl (C=O) groups excluding carboxylic acids is 1. The molecule has 0 aliphatic heterocycles. The van der Waals surface area contributed by atoms with E-state index in [4.69, 9.17) is 11.6 Å². The molecule has 20 heavy (non-hydrogen) atoms. The Morgan fingerprint density at radius 2 is 2.05 bits per heavy atom. The molecule has 5 heteroatoms. The maximum atomic E-state index is 12.3. The molecule has 0 saturated carbocycles. The molecule has 0 saturated heterocycles. The van der Waals surface area contributed by atoms with Crippen LogP contribution in [0.2, 0.25) is 5.02 Å². The normalized spacial score (nSPS) is 12.2. The summed E-state index contributed by atoms with van der Waals surface area (Å²) in [7, 11) is 0. The van der Waals surface area contributed by atoms with Crippen molar-refractivity contribution in [3.63, 3.8) is 0 Å². The second-order valence-corrected chi connectivity index (χ2v) is 7.36. The first-order chi connectivity index (χ1) is 9.51. The molecule has 1 unspecified atom stereocenters. The van der Waals surface area contributed by atoms with Gasteiger partial charge in [-0.2, -0.15) is 0 Å². The molecule has 1 aromatic heterocycles. The molecule has 2 nitrogen and oxygen atoms in total. The Kier molecular flexibility index (Phi) is 5.24. The fourth-order valence-electron chi connectivity index (χ4n) is 1.92. The summed E-state index contributed by atoms with van der Waals surface area (Å²) in [6.07, 6.45) is 0.832. The quantitative estimate of drug-likeness (QED) is 0.769. The zero-order chi connectivity index (χ0) is 14.7. The van der Waals surface area contributed by atoms with Crippen LogP contribution in [0.25, 0.3) is 0 Å². The van der Waals surface area contributed by atoms with E-state index in [0.29, 0.717) is 5.02 Å². The van der Waals surface area contributed by atoms with Crippen molar-refractivity contribution in [2.24, 2.45) is 0 Å². The Bertz CT molecular complexity index is 589. The Labute approximate surface area is 136 Å². The predicted molar refractivity (Wildman–Crippen MR) is 88.7 cm³/mol. The third-order valence-electron chi connectivity index (χ3n) is 3.07. The first-order valence-electron chi connectivity index (χ1n) is 6.33. The van der Waals surface area contributed by atoms with Crippen LogP contribution in [0, 0.1) is 6.92 Å². The summed E-state index contributed by atoms with van der Waals surface area (Å²) in [6.45, 7) is 4.03. The van der Waals surface area contributed by atoms with E-state index in [2.05, 4.69) is 28.2 Å². The minimum absolute atomic E-state index is 0.000878. The van der Waals surface area contributed by atoms with Crippen molar-refractivity contribution in [3.05, 3.63) is 55.1 Å². The lowest BCUT2D eigenvalue weighted by molar-refractivity contribution is 0.0939. The molecule has 106 valence electrons. The molecule has 0 spiro atoms. The van der Waals surface area contributed by atoms with E-state index >= 15 is 0 Å². The van der Waals surface area contributed by atoms with Gasteiger partial charge in [-0.3, -0.25) is 4.79 Å². The lowest BCUT2D eigenvalue weighted by Crippen LogP contribution is -2.27. The summed E-state index contributed by atoms with van der Waals surface area (Å²) in [5.74, 6) is -0.0365. The molecule has 0 radical (unpaired) electrons. The van der Waals surface area contributed by atoms with Crippen LogP contribution in [0.3, 0.4) is 0 Å². The third kappa shape index (κ3) is 3.62. The zero-order valence-electron chi connectivity index (χ0n) is 11.2. The first-order valence-corrected chi connectivity index (χ1v) is 8.32. The Morgan fingerprint density at radius 3 is 2.55 bits per heavy atom. The molecule has 1 amide bonds. The lowest BCUT2D eigenvalue weighted by Gasteiger charge is -2.17. The molecule has 0 fully saturated rings. The lowest BCUT2D eigenvalue weighted by atomic mass is 10.0. The van der Waals surface area contributed by atoms with Crippen LogP contribution in [0.15, 0.2) is 34.1 Å². The second-order valence-electron chi connectivity index (χ2n) is 4.55. The molecular weight excluding hydrogens is 358 g/mol. The van der Waals surface area contributed by atoms with Crippen LogP contribution in [0.4, 0.5) is 0 Å². The molecular formula is C15H15BrClNOS. The molecule has 1 atom stereocenters. The standard InChI is InChI=1S/C15H15BrClNOS/c1-3-12(10-4-6-11(17)7-5-10)18-15(19)13-8-9(2)14(16)20-13/h4-8,12H,3H2,1-2H3,(H,18,19). The minimum atomic E-state index is -0.0365. The Morgan fingerprint density at radius 1 is 1.40 bits per heavy atom. The topological polar surface area (TPSA) is 29.1 Å². The Hall–Kier alpha value is -0.840. The second kappa shape index (κ2) is 6.74.